The van der Waals surface area contributed by atoms with Crippen LogP contribution in [0.15, 0.2) is 23.1 Å². The Morgan fingerprint density at radius 3 is 2.50 bits per heavy atom. The van der Waals surface area contributed by atoms with E-state index in [2.05, 4.69) is 4.72 Å². The number of hydrogen-bond donors (Lipinski definition) is 1. The monoisotopic (exact) mass is 297 g/mol. The lowest BCUT2D eigenvalue weighted by atomic mass is 10.0. The summed E-state index contributed by atoms with van der Waals surface area (Å²) >= 11 is 0. The third kappa shape index (κ3) is 4.15. The molecule has 4 nitrogen and oxygen atoms in total. The molecule has 0 unspecified atom stereocenters. The van der Waals surface area contributed by atoms with Crippen molar-refractivity contribution in [3.05, 3.63) is 29.3 Å². The summed E-state index contributed by atoms with van der Waals surface area (Å²) in [5.74, 6) is -0.198. The number of carbonyl (C=O) groups is 1. The second-order valence-corrected chi connectivity index (χ2v) is 6.99. The quantitative estimate of drug-likeness (QED) is 0.621. The maximum Gasteiger partial charge on any atom is 0.240 e. The van der Waals surface area contributed by atoms with E-state index in [1.165, 1.54) is 6.07 Å². The lowest BCUT2D eigenvalue weighted by Gasteiger charge is -2.11. The van der Waals surface area contributed by atoms with Crippen LogP contribution in [0.2, 0.25) is 0 Å². The molecule has 0 bridgehead atoms. The molecule has 1 rings (SSSR count). The zero-order chi connectivity index (χ0) is 15.3. The van der Waals surface area contributed by atoms with E-state index in [-0.39, 0.29) is 16.6 Å². The number of rotatable bonds is 7. The fourth-order valence-corrected chi connectivity index (χ4v) is 3.18. The Morgan fingerprint density at radius 1 is 1.30 bits per heavy atom. The molecular formula is C15H23NO3S. The van der Waals surface area contributed by atoms with Crippen molar-refractivity contribution in [1.29, 1.82) is 0 Å². The van der Waals surface area contributed by atoms with Gasteiger partial charge in [-0.15, -0.1) is 0 Å². The highest BCUT2D eigenvalue weighted by atomic mass is 32.2. The largest absolute Gasteiger partial charge is 0.294 e. The molecule has 112 valence electrons. The lowest BCUT2D eigenvalue weighted by molar-refractivity contribution is 0.0939. The molecule has 0 heterocycles. The molecule has 0 amide bonds. The van der Waals surface area contributed by atoms with Crippen LogP contribution in [0, 0.1) is 12.8 Å². The van der Waals surface area contributed by atoms with Crippen molar-refractivity contribution in [3.63, 3.8) is 0 Å². The molecule has 0 spiro atoms. The van der Waals surface area contributed by atoms with Crippen molar-refractivity contribution < 1.29 is 13.2 Å². The Kier molecular flexibility index (Phi) is 5.89. The Labute approximate surface area is 121 Å². The van der Waals surface area contributed by atoms with E-state index < -0.39 is 10.0 Å². The van der Waals surface area contributed by atoms with E-state index in [0.29, 0.717) is 17.7 Å². The van der Waals surface area contributed by atoms with Crippen molar-refractivity contribution in [2.75, 3.05) is 6.54 Å². The summed E-state index contributed by atoms with van der Waals surface area (Å²) in [5.41, 5.74) is 1.09. The standard InChI is InChI=1S/C15H23NO3S/c1-5-6-9-16-20(18,19)14-10-13(8-7-12(14)4)15(17)11(2)3/h7-8,10-11,16H,5-6,9H2,1-4H3. The maximum absolute atomic E-state index is 12.3. The number of ketones is 1. The predicted octanol–water partition coefficient (Wildman–Crippen LogP) is 2.91. The van der Waals surface area contributed by atoms with Crippen LogP contribution in [-0.4, -0.2) is 20.7 Å². The van der Waals surface area contributed by atoms with Crippen LogP contribution in [0.1, 0.15) is 49.5 Å². The minimum atomic E-state index is -3.55. The molecule has 20 heavy (non-hydrogen) atoms. The van der Waals surface area contributed by atoms with E-state index in [9.17, 15) is 13.2 Å². The second-order valence-electron chi connectivity index (χ2n) is 5.25. The van der Waals surface area contributed by atoms with E-state index in [1.807, 2.05) is 6.92 Å². The number of Topliss-reactive ketones (excluding diaryl/α,β-unsaturated/α-hetero) is 1. The van der Waals surface area contributed by atoms with Crippen LogP contribution in [0.3, 0.4) is 0 Å². The molecule has 0 atom stereocenters. The smallest absolute Gasteiger partial charge is 0.240 e. The molecule has 5 heteroatoms. The first-order valence-electron chi connectivity index (χ1n) is 6.94. The maximum atomic E-state index is 12.3. The van der Waals surface area contributed by atoms with Gasteiger partial charge in [-0.1, -0.05) is 39.3 Å². The van der Waals surface area contributed by atoms with E-state index in [4.69, 9.17) is 0 Å². The third-order valence-electron chi connectivity index (χ3n) is 3.11. The second kappa shape index (κ2) is 6.99. The fraction of sp³-hybridized carbons (Fsp3) is 0.533. The van der Waals surface area contributed by atoms with Gasteiger partial charge in [0.05, 0.1) is 4.90 Å². The average molecular weight is 297 g/mol. The molecule has 0 saturated heterocycles. The third-order valence-corrected chi connectivity index (χ3v) is 4.71. The summed E-state index contributed by atoms with van der Waals surface area (Å²) < 4.78 is 27.1. The number of hydrogen-bond acceptors (Lipinski definition) is 3. The summed E-state index contributed by atoms with van der Waals surface area (Å²) in [6.45, 7) is 7.76. The number of unbranched alkanes of at least 4 members (excludes halogenated alkanes) is 1. The minimum Gasteiger partial charge on any atom is -0.294 e. The Balaban J connectivity index is 3.11. The summed E-state index contributed by atoms with van der Waals surface area (Å²) in [6, 6.07) is 4.85. The normalized spacial score (nSPS) is 11.8. The van der Waals surface area contributed by atoms with E-state index in [0.717, 1.165) is 12.8 Å². The molecule has 1 N–H and O–H groups in total. The van der Waals surface area contributed by atoms with E-state index >= 15 is 0 Å². The minimum absolute atomic E-state index is 0.0463. The summed E-state index contributed by atoms with van der Waals surface area (Å²) in [5, 5.41) is 0. The van der Waals surface area contributed by atoms with Crippen LogP contribution in [-0.2, 0) is 10.0 Å². The van der Waals surface area contributed by atoms with Crippen molar-refractivity contribution in [2.45, 2.75) is 45.4 Å². The zero-order valence-corrected chi connectivity index (χ0v) is 13.4. The SMILES string of the molecule is CCCCNS(=O)(=O)c1cc(C(=O)C(C)C)ccc1C. The molecule has 0 radical (unpaired) electrons. The number of nitrogens with one attached hydrogen (secondary N) is 1. The number of carbonyl (C=O) groups excluding carboxylic acids is 1. The van der Waals surface area contributed by atoms with Crippen molar-refractivity contribution in [2.24, 2.45) is 5.92 Å². The zero-order valence-electron chi connectivity index (χ0n) is 12.6. The Bertz CT molecular complexity index is 577. The highest BCUT2D eigenvalue weighted by Gasteiger charge is 2.19. The molecule has 0 aliphatic heterocycles. The van der Waals surface area contributed by atoms with Gasteiger partial charge in [-0.2, -0.15) is 0 Å². The summed E-state index contributed by atoms with van der Waals surface area (Å²) in [6.07, 6.45) is 1.72. The van der Waals surface area contributed by atoms with Gasteiger partial charge in [0.15, 0.2) is 5.78 Å². The molecule has 1 aromatic carbocycles. The molecular weight excluding hydrogens is 274 g/mol. The van der Waals surface area contributed by atoms with Gasteiger partial charge in [-0.05, 0) is 25.0 Å². The molecule has 0 aliphatic rings. The first-order valence-corrected chi connectivity index (χ1v) is 8.42. The molecule has 0 aliphatic carbocycles. The van der Waals surface area contributed by atoms with Crippen LogP contribution in [0.25, 0.3) is 0 Å². The molecule has 1 aromatic rings. The van der Waals surface area contributed by atoms with E-state index in [1.54, 1.807) is 32.9 Å². The lowest BCUT2D eigenvalue weighted by Crippen LogP contribution is -2.25. The van der Waals surface area contributed by atoms with Gasteiger partial charge < -0.3 is 0 Å². The molecule has 0 aromatic heterocycles. The van der Waals surface area contributed by atoms with Crippen molar-refractivity contribution >= 4 is 15.8 Å². The Hall–Kier alpha value is -1.20. The van der Waals surface area contributed by atoms with Crippen LogP contribution < -0.4 is 4.72 Å². The molecule has 0 fully saturated rings. The number of sulfonamides is 1. The highest BCUT2D eigenvalue weighted by Crippen LogP contribution is 2.19. The van der Waals surface area contributed by atoms with Gasteiger partial charge in [0.2, 0.25) is 10.0 Å². The molecule has 0 saturated carbocycles. The van der Waals surface area contributed by atoms with Gasteiger partial charge in [-0.25, -0.2) is 13.1 Å². The number of benzene rings is 1. The number of aryl methyl sites for hydroxylation is 1. The van der Waals surface area contributed by atoms with Gasteiger partial charge >= 0.3 is 0 Å². The van der Waals surface area contributed by atoms with Gasteiger partial charge in [-0.3, -0.25) is 4.79 Å². The van der Waals surface area contributed by atoms with Crippen LogP contribution >= 0.6 is 0 Å². The summed E-state index contributed by atoms with van der Waals surface area (Å²) in [7, 11) is -3.55. The summed E-state index contributed by atoms with van der Waals surface area (Å²) in [4.78, 5) is 12.2. The van der Waals surface area contributed by atoms with Crippen molar-refractivity contribution in [1.82, 2.24) is 4.72 Å². The van der Waals surface area contributed by atoms with Crippen LogP contribution in [0.4, 0.5) is 0 Å². The first-order chi connectivity index (χ1) is 9.29. The average Bonchev–Trinajstić information content (AvgIpc) is 2.38. The topological polar surface area (TPSA) is 63.2 Å². The fourth-order valence-electron chi connectivity index (χ4n) is 1.84. The highest BCUT2D eigenvalue weighted by molar-refractivity contribution is 7.89. The van der Waals surface area contributed by atoms with Gasteiger partial charge in [0.25, 0.3) is 0 Å². The Morgan fingerprint density at radius 2 is 1.95 bits per heavy atom. The first kappa shape index (κ1) is 16.9. The van der Waals surface area contributed by atoms with Gasteiger partial charge in [0.1, 0.15) is 0 Å². The van der Waals surface area contributed by atoms with Gasteiger partial charge in [0, 0.05) is 18.0 Å². The van der Waals surface area contributed by atoms with Crippen LogP contribution in [0.5, 0.6) is 0 Å². The van der Waals surface area contributed by atoms with Crippen molar-refractivity contribution in [3.8, 4) is 0 Å². The predicted molar refractivity (Wildman–Crippen MR) is 80.4 cm³/mol.